The smallest absolute Gasteiger partial charge is 0.225 e. The highest BCUT2D eigenvalue weighted by Crippen LogP contribution is 2.38. The highest BCUT2D eigenvalue weighted by molar-refractivity contribution is 5.81. The molecule has 2 aromatic carbocycles. The van der Waals surface area contributed by atoms with E-state index < -0.39 is 0 Å². The number of hydrogen-bond acceptors (Lipinski definition) is 3. The zero-order valence-corrected chi connectivity index (χ0v) is 14.8. The molecule has 1 heterocycles. The first-order valence-electron chi connectivity index (χ1n) is 9.15. The molecule has 5 heteroatoms. The van der Waals surface area contributed by atoms with Crippen LogP contribution in [0, 0.1) is 11.7 Å². The molecule has 3 aromatic rings. The molecule has 27 heavy (non-hydrogen) atoms. The number of fused-ring (bicyclic) bond motifs is 1. The van der Waals surface area contributed by atoms with Crippen molar-refractivity contribution in [2.24, 2.45) is 5.92 Å². The molecule has 1 saturated carbocycles. The fraction of sp³-hybridized carbons (Fsp3) is 0.273. The number of nitrogens with zero attached hydrogens (tertiary/aromatic N) is 1. The summed E-state index contributed by atoms with van der Waals surface area (Å²) in [4.78, 5) is 17.1. The van der Waals surface area contributed by atoms with Crippen LogP contribution in [0.4, 0.5) is 4.39 Å². The molecular formula is C22H21FN2O2. The van der Waals surface area contributed by atoms with E-state index in [0.717, 1.165) is 16.5 Å². The fourth-order valence-corrected chi connectivity index (χ4v) is 3.67. The summed E-state index contributed by atoms with van der Waals surface area (Å²) in [5.41, 5.74) is 2.18. The van der Waals surface area contributed by atoms with Crippen LogP contribution in [0.3, 0.4) is 0 Å². The summed E-state index contributed by atoms with van der Waals surface area (Å²) in [5.74, 6) is -0.470. The van der Waals surface area contributed by atoms with Crippen molar-refractivity contribution in [1.82, 2.24) is 10.3 Å². The second-order valence-corrected chi connectivity index (χ2v) is 7.16. The largest absolute Gasteiger partial charge is 0.393 e. The number of aliphatic hydroxyl groups is 1. The van der Waals surface area contributed by atoms with Gasteiger partial charge in [-0.3, -0.25) is 9.78 Å². The first-order chi connectivity index (χ1) is 13.1. The molecule has 4 nitrogen and oxygen atoms in total. The Morgan fingerprint density at radius 2 is 1.93 bits per heavy atom. The van der Waals surface area contributed by atoms with E-state index in [0.29, 0.717) is 18.4 Å². The summed E-state index contributed by atoms with van der Waals surface area (Å²) in [5, 5.41) is 13.8. The average molecular weight is 364 g/mol. The number of carbonyl (C=O) groups is 1. The van der Waals surface area contributed by atoms with Gasteiger partial charge in [-0.05, 0) is 48.1 Å². The molecule has 0 radical (unpaired) electrons. The van der Waals surface area contributed by atoms with Gasteiger partial charge in [0.25, 0.3) is 0 Å². The van der Waals surface area contributed by atoms with Crippen molar-refractivity contribution in [3.63, 3.8) is 0 Å². The first-order valence-corrected chi connectivity index (χ1v) is 9.15. The number of pyridine rings is 1. The topological polar surface area (TPSA) is 62.2 Å². The molecule has 1 aromatic heterocycles. The molecule has 1 atom stereocenters. The molecular weight excluding hydrogens is 343 g/mol. The fourth-order valence-electron chi connectivity index (χ4n) is 3.67. The molecule has 0 saturated heterocycles. The molecule has 138 valence electrons. The van der Waals surface area contributed by atoms with Gasteiger partial charge in [-0.2, -0.15) is 0 Å². The third-order valence-corrected chi connectivity index (χ3v) is 5.22. The van der Waals surface area contributed by atoms with Crippen molar-refractivity contribution >= 4 is 16.8 Å². The van der Waals surface area contributed by atoms with E-state index >= 15 is 0 Å². The first kappa shape index (κ1) is 17.6. The number of para-hydroxylation sites is 1. The number of halogens is 1. The predicted molar refractivity (Wildman–Crippen MR) is 101 cm³/mol. The van der Waals surface area contributed by atoms with Gasteiger partial charge >= 0.3 is 0 Å². The zero-order valence-electron chi connectivity index (χ0n) is 14.8. The zero-order chi connectivity index (χ0) is 18.8. The Balaban J connectivity index is 1.57. The van der Waals surface area contributed by atoms with Gasteiger partial charge in [0.2, 0.25) is 5.91 Å². The minimum absolute atomic E-state index is 0.0144. The van der Waals surface area contributed by atoms with Crippen LogP contribution in [-0.2, 0) is 11.2 Å². The monoisotopic (exact) mass is 364 g/mol. The van der Waals surface area contributed by atoms with Crippen LogP contribution in [-0.4, -0.2) is 22.1 Å². The van der Waals surface area contributed by atoms with Crippen molar-refractivity contribution in [3.05, 3.63) is 77.7 Å². The average Bonchev–Trinajstić information content (AvgIpc) is 2.65. The van der Waals surface area contributed by atoms with E-state index in [-0.39, 0.29) is 36.2 Å². The standard InChI is InChI=1S/C22H21FN2O2/c23-19-7-3-1-5-14(19)12-21(27)25-22(16-10-18(26)11-16)17-9-15-6-2-4-8-20(15)24-13-17/h1-9,13,16,18,22,26H,10-12H2,(H,25,27). The maximum Gasteiger partial charge on any atom is 0.225 e. The van der Waals surface area contributed by atoms with Gasteiger partial charge in [-0.15, -0.1) is 0 Å². The Hall–Kier alpha value is -2.79. The van der Waals surface area contributed by atoms with Crippen LogP contribution >= 0.6 is 0 Å². The molecule has 1 aliphatic rings. The lowest BCUT2D eigenvalue weighted by Crippen LogP contribution is -2.42. The summed E-state index contributed by atoms with van der Waals surface area (Å²) in [6, 6.07) is 15.9. The van der Waals surface area contributed by atoms with Crippen LogP contribution in [0.2, 0.25) is 0 Å². The Morgan fingerprint density at radius 1 is 1.19 bits per heavy atom. The molecule has 0 aliphatic heterocycles. The Bertz CT molecular complexity index is 969. The van der Waals surface area contributed by atoms with Gasteiger partial charge in [0, 0.05) is 11.6 Å². The summed E-state index contributed by atoms with van der Waals surface area (Å²) < 4.78 is 13.8. The van der Waals surface area contributed by atoms with Gasteiger partial charge in [0.05, 0.1) is 24.1 Å². The lowest BCUT2D eigenvalue weighted by Gasteiger charge is -2.38. The molecule has 1 aliphatic carbocycles. The number of rotatable bonds is 5. The van der Waals surface area contributed by atoms with Crippen molar-refractivity contribution in [2.75, 3.05) is 0 Å². The van der Waals surface area contributed by atoms with E-state index in [1.807, 2.05) is 30.3 Å². The van der Waals surface area contributed by atoms with Crippen molar-refractivity contribution < 1.29 is 14.3 Å². The van der Waals surface area contributed by atoms with Crippen LogP contribution < -0.4 is 5.32 Å². The second kappa shape index (κ2) is 7.45. The maximum atomic E-state index is 13.8. The SMILES string of the molecule is O=C(Cc1ccccc1F)NC(c1cnc2ccccc2c1)C1CC(O)C1. The Kier molecular flexibility index (Phi) is 4.86. The Labute approximate surface area is 157 Å². The lowest BCUT2D eigenvalue weighted by atomic mass is 9.75. The summed E-state index contributed by atoms with van der Waals surface area (Å²) in [6.07, 6.45) is 2.71. The van der Waals surface area contributed by atoms with Crippen molar-refractivity contribution in [2.45, 2.75) is 31.4 Å². The summed E-state index contributed by atoms with van der Waals surface area (Å²) >= 11 is 0. The third kappa shape index (κ3) is 3.83. The number of aliphatic hydroxyl groups excluding tert-OH is 1. The van der Waals surface area contributed by atoms with Gasteiger partial charge < -0.3 is 10.4 Å². The van der Waals surface area contributed by atoms with Crippen LogP contribution in [0.5, 0.6) is 0 Å². The van der Waals surface area contributed by atoms with Gasteiger partial charge in [0.15, 0.2) is 0 Å². The molecule has 1 fully saturated rings. The predicted octanol–water partition coefficient (Wildman–Crippen LogP) is 3.54. The van der Waals surface area contributed by atoms with Crippen molar-refractivity contribution in [1.29, 1.82) is 0 Å². The lowest BCUT2D eigenvalue weighted by molar-refractivity contribution is -0.122. The summed E-state index contributed by atoms with van der Waals surface area (Å²) in [6.45, 7) is 0. The van der Waals surface area contributed by atoms with E-state index in [4.69, 9.17) is 0 Å². The van der Waals surface area contributed by atoms with Crippen LogP contribution in [0.1, 0.15) is 30.0 Å². The molecule has 2 N–H and O–H groups in total. The Morgan fingerprint density at radius 3 is 2.70 bits per heavy atom. The van der Waals surface area contributed by atoms with Crippen LogP contribution in [0.25, 0.3) is 10.9 Å². The quantitative estimate of drug-likeness (QED) is 0.728. The molecule has 1 unspecified atom stereocenters. The summed E-state index contributed by atoms with van der Waals surface area (Å²) in [7, 11) is 0. The van der Waals surface area contributed by atoms with E-state index in [9.17, 15) is 14.3 Å². The minimum Gasteiger partial charge on any atom is -0.393 e. The van der Waals surface area contributed by atoms with E-state index in [1.54, 1.807) is 24.4 Å². The van der Waals surface area contributed by atoms with E-state index in [1.165, 1.54) is 6.07 Å². The van der Waals surface area contributed by atoms with Gasteiger partial charge in [0.1, 0.15) is 5.82 Å². The van der Waals surface area contributed by atoms with Gasteiger partial charge in [-0.25, -0.2) is 4.39 Å². The number of carbonyl (C=O) groups excluding carboxylic acids is 1. The maximum absolute atomic E-state index is 13.8. The highest BCUT2D eigenvalue weighted by Gasteiger charge is 2.36. The van der Waals surface area contributed by atoms with Crippen molar-refractivity contribution in [3.8, 4) is 0 Å². The number of benzene rings is 2. The molecule has 1 amide bonds. The molecule has 0 bridgehead atoms. The van der Waals surface area contributed by atoms with E-state index in [2.05, 4.69) is 10.3 Å². The number of aromatic nitrogens is 1. The number of nitrogens with one attached hydrogen (secondary N) is 1. The minimum atomic E-state index is -0.379. The molecule has 0 spiro atoms. The normalized spacial score (nSPS) is 20.1. The third-order valence-electron chi connectivity index (χ3n) is 5.22. The second-order valence-electron chi connectivity index (χ2n) is 7.16. The van der Waals surface area contributed by atoms with Gasteiger partial charge in [-0.1, -0.05) is 36.4 Å². The molecule has 4 rings (SSSR count). The number of amides is 1. The number of hydrogen-bond donors (Lipinski definition) is 2. The van der Waals surface area contributed by atoms with Crippen LogP contribution in [0.15, 0.2) is 60.8 Å². The highest BCUT2D eigenvalue weighted by atomic mass is 19.1.